The second kappa shape index (κ2) is 7.31. The van der Waals surface area contributed by atoms with Gasteiger partial charge in [-0.1, -0.05) is 30.3 Å². The molecule has 0 spiro atoms. The van der Waals surface area contributed by atoms with Crippen LogP contribution in [0.3, 0.4) is 0 Å². The van der Waals surface area contributed by atoms with Crippen LogP contribution in [0.4, 0.5) is 0 Å². The van der Waals surface area contributed by atoms with Gasteiger partial charge in [-0.2, -0.15) is 0 Å². The van der Waals surface area contributed by atoms with Crippen molar-refractivity contribution in [3.8, 4) is 0 Å². The lowest BCUT2D eigenvalue weighted by Gasteiger charge is -2.11. The molecule has 0 atom stereocenters. The van der Waals surface area contributed by atoms with Gasteiger partial charge in [-0.15, -0.1) is 12.4 Å². The molecule has 120 valence electrons. The first kappa shape index (κ1) is 17.1. The predicted octanol–water partition coefficient (Wildman–Crippen LogP) is 3.31. The standard InChI is InChI=1S/C18H18N2O2.ClH/c19-10-9-16-11-15-3-1-2-4-17(15)20(16)12-13-5-7-14(8-6-13)18(21)22;/h1-8,11H,9-10,12,19H2,(H,21,22);1H. The SMILES string of the molecule is Cl.NCCc1cc2ccccc2n1Cc1ccc(C(=O)O)cc1. The van der Waals surface area contributed by atoms with Crippen LogP contribution >= 0.6 is 12.4 Å². The predicted molar refractivity (Wildman–Crippen MR) is 94.4 cm³/mol. The molecule has 2 aromatic carbocycles. The van der Waals surface area contributed by atoms with Gasteiger partial charge in [-0.05, 0) is 48.2 Å². The third-order valence-corrected chi connectivity index (χ3v) is 3.84. The van der Waals surface area contributed by atoms with E-state index in [4.69, 9.17) is 10.8 Å². The summed E-state index contributed by atoms with van der Waals surface area (Å²) in [5, 5.41) is 10.2. The highest BCUT2D eigenvalue weighted by molar-refractivity contribution is 5.87. The summed E-state index contributed by atoms with van der Waals surface area (Å²) in [5.74, 6) is -0.901. The van der Waals surface area contributed by atoms with E-state index in [0.717, 1.165) is 12.0 Å². The summed E-state index contributed by atoms with van der Waals surface area (Å²) in [4.78, 5) is 10.9. The summed E-state index contributed by atoms with van der Waals surface area (Å²) in [5.41, 5.74) is 9.48. The van der Waals surface area contributed by atoms with Crippen molar-refractivity contribution in [1.29, 1.82) is 0 Å². The van der Waals surface area contributed by atoms with Crippen molar-refractivity contribution in [2.45, 2.75) is 13.0 Å². The fourth-order valence-corrected chi connectivity index (χ4v) is 2.74. The Kier molecular flexibility index (Phi) is 5.42. The Hall–Kier alpha value is -2.30. The van der Waals surface area contributed by atoms with Crippen LogP contribution in [0.2, 0.25) is 0 Å². The second-order valence-electron chi connectivity index (χ2n) is 5.32. The average molecular weight is 331 g/mol. The third kappa shape index (κ3) is 3.55. The average Bonchev–Trinajstić information content (AvgIpc) is 2.86. The second-order valence-corrected chi connectivity index (χ2v) is 5.32. The van der Waals surface area contributed by atoms with E-state index in [1.54, 1.807) is 12.1 Å². The molecular weight excluding hydrogens is 312 g/mol. The van der Waals surface area contributed by atoms with Crippen molar-refractivity contribution < 1.29 is 9.90 Å². The molecule has 1 aromatic heterocycles. The van der Waals surface area contributed by atoms with Gasteiger partial charge in [-0.25, -0.2) is 4.79 Å². The minimum absolute atomic E-state index is 0. The monoisotopic (exact) mass is 330 g/mol. The first-order chi connectivity index (χ1) is 10.7. The zero-order valence-electron chi connectivity index (χ0n) is 12.6. The summed E-state index contributed by atoms with van der Waals surface area (Å²) in [7, 11) is 0. The number of nitrogens with two attached hydrogens (primary N) is 1. The van der Waals surface area contributed by atoms with E-state index >= 15 is 0 Å². The van der Waals surface area contributed by atoms with Crippen LogP contribution in [0, 0.1) is 0 Å². The van der Waals surface area contributed by atoms with Gasteiger partial charge in [0, 0.05) is 17.8 Å². The Morgan fingerprint density at radius 1 is 1.09 bits per heavy atom. The van der Waals surface area contributed by atoms with Crippen LogP contribution in [0.5, 0.6) is 0 Å². The van der Waals surface area contributed by atoms with E-state index in [-0.39, 0.29) is 12.4 Å². The molecule has 0 saturated carbocycles. The van der Waals surface area contributed by atoms with Crippen molar-refractivity contribution in [3.63, 3.8) is 0 Å². The molecule has 3 rings (SSSR count). The summed E-state index contributed by atoms with van der Waals surface area (Å²) >= 11 is 0. The van der Waals surface area contributed by atoms with Gasteiger partial charge in [0.15, 0.2) is 0 Å². The molecule has 0 aliphatic rings. The lowest BCUT2D eigenvalue weighted by atomic mass is 10.1. The number of carbonyl (C=O) groups is 1. The quantitative estimate of drug-likeness (QED) is 0.754. The van der Waals surface area contributed by atoms with Crippen molar-refractivity contribution in [1.82, 2.24) is 4.57 Å². The summed E-state index contributed by atoms with van der Waals surface area (Å²) < 4.78 is 2.25. The highest BCUT2D eigenvalue weighted by atomic mass is 35.5. The summed E-state index contributed by atoms with van der Waals surface area (Å²) in [6, 6.07) is 17.4. The third-order valence-electron chi connectivity index (χ3n) is 3.84. The van der Waals surface area contributed by atoms with Crippen LogP contribution < -0.4 is 5.73 Å². The normalized spacial score (nSPS) is 10.5. The number of carboxylic acids is 1. The smallest absolute Gasteiger partial charge is 0.335 e. The zero-order chi connectivity index (χ0) is 15.5. The number of hydrogen-bond donors (Lipinski definition) is 2. The van der Waals surface area contributed by atoms with Crippen molar-refractivity contribution in [2.75, 3.05) is 6.54 Å². The molecule has 0 saturated heterocycles. The molecule has 0 aliphatic carbocycles. The highest BCUT2D eigenvalue weighted by Gasteiger charge is 2.09. The minimum Gasteiger partial charge on any atom is -0.478 e. The molecule has 0 aliphatic heterocycles. The van der Waals surface area contributed by atoms with Crippen LogP contribution in [0.1, 0.15) is 21.6 Å². The molecule has 1 heterocycles. The molecule has 3 N–H and O–H groups in total. The Labute approximate surface area is 140 Å². The van der Waals surface area contributed by atoms with E-state index in [1.165, 1.54) is 16.6 Å². The number of aromatic carboxylic acids is 1. The van der Waals surface area contributed by atoms with E-state index < -0.39 is 5.97 Å². The number of carboxylic acid groups (broad SMARTS) is 1. The lowest BCUT2D eigenvalue weighted by Crippen LogP contribution is -2.10. The Bertz CT molecular complexity index is 810. The number of para-hydroxylation sites is 1. The fraction of sp³-hybridized carbons (Fsp3) is 0.167. The molecule has 0 fully saturated rings. The van der Waals surface area contributed by atoms with Crippen molar-refractivity contribution in [2.24, 2.45) is 5.73 Å². The molecule has 0 bridgehead atoms. The molecule has 0 unspecified atom stereocenters. The number of benzene rings is 2. The topological polar surface area (TPSA) is 68.2 Å². The summed E-state index contributed by atoms with van der Waals surface area (Å²) in [6.07, 6.45) is 0.821. The van der Waals surface area contributed by atoms with E-state index in [0.29, 0.717) is 18.7 Å². The Morgan fingerprint density at radius 3 is 2.43 bits per heavy atom. The van der Waals surface area contributed by atoms with Crippen molar-refractivity contribution >= 4 is 29.3 Å². The van der Waals surface area contributed by atoms with Crippen LogP contribution in [0.25, 0.3) is 10.9 Å². The molecule has 0 radical (unpaired) electrons. The molecule has 5 heteroatoms. The zero-order valence-corrected chi connectivity index (χ0v) is 13.4. The number of aromatic nitrogens is 1. The summed E-state index contributed by atoms with van der Waals surface area (Å²) in [6.45, 7) is 1.32. The van der Waals surface area contributed by atoms with Crippen LogP contribution in [0.15, 0.2) is 54.6 Å². The Morgan fingerprint density at radius 2 is 1.78 bits per heavy atom. The minimum atomic E-state index is -0.901. The molecule has 4 nitrogen and oxygen atoms in total. The number of halogens is 1. The van der Waals surface area contributed by atoms with Crippen LogP contribution in [-0.4, -0.2) is 22.2 Å². The Balaban J connectivity index is 0.00000192. The number of nitrogens with zero attached hydrogens (tertiary/aromatic N) is 1. The number of hydrogen-bond acceptors (Lipinski definition) is 2. The van der Waals surface area contributed by atoms with Gasteiger partial charge in [0.25, 0.3) is 0 Å². The molecular formula is C18H19ClN2O2. The van der Waals surface area contributed by atoms with Gasteiger partial charge >= 0.3 is 5.97 Å². The van der Waals surface area contributed by atoms with Gasteiger partial charge < -0.3 is 15.4 Å². The first-order valence-electron chi connectivity index (χ1n) is 7.28. The van der Waals surface area contributed by atoms with E-state index in [9.17, 15) is 4.79 Å². The van der Waals surface area contributed by atoms with Gasteiger partial charge in [0.05, 0.1) is 5.56 Å². The maximum Gasteiger partial charge on any atom is 0.335 e. The molecule has 3 aromatic rings. The first-order valence-corrected chi connectivity index (χ1v) is 7.28. The highest BCUT2D eigenvalue weighted by Crippen LogP contribution is 2.21. The van der Waals surface area contributed by atoms with Gasteiger partial charge in [0.1, 0.15) is 0 Å². The maximum absolute atomic E-state index is 10.9. The van der Waals surface area contributed by atoms with E-state index in [2.05, 4.69) is 22.8 Å². The maximum atomic E-state index is 10.9. The van der Waals surface area contributed by atoms with Crippen LogP contribution in [-0.2, 0) is 13.0 Å². The largest absolute Gasteiger partial charge is 0.478 e. The lowest BCUT2D eigenvalue weighted by molar-refractivity contribution is 0.0697. The molecule has 23 heavy (non-hydrogen) atoms. The number of fused-ring (bicyclic) bond motifs is 1. The van der Waals surface area contributed by atoms with Gasteiger partial charge in [0.2, 0.25) is 0 Å². The number of rotatable bonds is 5. The van der Waals surface area contributed by atoms with E-state index in [1.807, 2.05) is 24.3 Å². The van der Waals surface area contributed by atoms with Crippen molar-refractivity contribution in [3.05, 3.63) is 71.4 Å². The molecule has 0 amide bonds. The fourth-order valence-electron chi connectivity index (χ4n) is 2.74. The van der Waals surface area contributed by atoms with Gasteiger partial charge in [-0.3, -0.25) is 0 Å².